The van der Waals surface area contributed by atoms with Crippen molar-refractivity contribution >= 4 is 11.7 Å². The molecule has 2 atom stereocenters. The Kier molecular flexibility index (Phi) is 4.58. The van der Waals surface area contributed by atoms with Gasteiger partial charge >= 0.3 is 0 Å². The molecule has 0 bridgehead atoms. The van der Waals surface area contributed by atoms with E-state index in [4.69, 9.17) is 5.73 Å². The number of nitrogens with two attached hydrogens (primary N) is 1. The molecule has 2 saturated carbocycles. The molecule has 2 fully saturated rings. The van der Waals surface area contributed by atoms with Gasteiger partial charge in [0.15, 0.2) is 5.82 Å². The molecule has 5 heteroatoms. The molecule has 1 aromatic heterocycles. The number of rotatable bonds is 4. The molecule has 0 radical (unpaired) electrons. The van der Waals surface area contributed by atoms with E-state index in [-0.39, 0.29) is 11.9 Å². The van der Waals surface area contributed by atoms with Crippen LogP contribution in [-0.4, -0.2) is 22.1 Å². The molecule has 0 aliphatic heterocycles. The summed E-state index contributed by atoms with van der Waals surface area (Å²) in [7, 11) is 0. The maximum absolute atomic E-state index is 12.1. The smallest absolute Gasteiger partial charge is 0.225 e. The van der Waals surface area contributed by atoms with Gasteiger partial charge in [-0.3, -0.25) is 9.89 Å². The first kappa shape index (κ1) is 14.6. The topological polar surface area (TPSA) is 83.8 Å². The first-order chi connectivity index (χ1) is 10.2. The lowest BCUT2D eigenvalue weighted by atomic mass is 9.87. The number of carbonyl (C=O) groups is 1. The maximum atomic E-state index is 12.1. The summed E-state index contributed by atoms with van der Waals surface area (Å²) in [6.07, 6.45) is 10.2. The summed E-state index contributed by atoms with van der Waals surface area (Å²) in [6.45, 7) is 0. The van der Waals surface area contributed by atoms with Crippen molar-refractivity contribution in [1.29, 1.82) is 0 Å². The minimum atomic E-state index is 0.0408. The van der Waals surface area contributed by atoms with Crippen LogP contribution in [0.4, 0.5) is 5.82 Å². The van der Waals surface area contributed by atoms with E-state index in [1.54, 1.807) is 0 Å². The molecule has 0 spiro atoms. The van der Waals surface area contributed by atoms with Crippen LogP contribution in [0.15, 0.2) is 6.07 Å². The largest absolute Gasteiger partial charge is 0.327 e. The van der Waals surface area contributed by atoms with Gasteiger partial charge in [0.25, 0.3) is 0 Å². The van der Waals surface area contributed by atoms with Crippen LogP contribution in [0.5, 0.6) is 0 Å². The first-order valence-corrected chi connectivity index (χ1v) is 8.33. The molecule has 3 rings (SSSR count). The lowest BCUT2D eigenvalue weighted by Crippen LogP contribution is -2.28. The van der Waals surface area contributed by atoms with Gasteiger partial charge in [0.05, 0.1) is 0 Å². The summed E-state index contributed by atoms with van der Waals surface area (Å²) >= 11 is 0. The summed E-state index contributed by atoms with van der Waals surface area (Å²) in [6, 6.07) is 2.19. The van der Waals surface area contributed by atoms with Crippen LogP contribution in [0.1, 0.15) is 69.4 Å². The molecule has 0 aromatic carbocycles. The van der Waals surface area contributed by atoms with E-state index in [0.717, 1.165) is 19.3 Å². The quantitative estimate of drug-likeness (QED) is 0.797. The number of aromatic amines is 1. The Morgan fingerprint density at radius 2 is 2.05 bits per heavy atom. The summed E-state index contributed by atoms with van der Waals surface area (Å²) < 4.78 is 0. The third kappa shape index (κ3) is 3.64. The van der Waals surface area contributed by atoms with Crippen LogP contribution in [-0.2, 0) is 4.79 Å². The highest BCUT2D eigenvalue weighted by Gasteiger charge is 2.26. The van der Waals surface area contributed by atoms with E-state index in [1.165, 1.54) is 37.8 Å². The van der Waals surface area contributed by atoms with Gasteiger partial charge in [-0.1, -0.05) is 25.7 Å². The number of hydrogen-bond acceptors (Lipinski definition) is 3. The van der Waals surface area contributed by atoms with Crippen molar-refractivity contribution in [3.63, 3.8) is 0 Å². The normalized spacial score (nSPS) is 26.9. The van der Waals surface area contributed by atoms with E-state index in [2.05, 4.69) is 15.5 Å². The third-order valence-corrected chi connectivity index (χ3v) is 5.08. The maximum Gasteiger partial charge on any atom is 0.225 e. The van der Waals surface area contributed by atoms with Crippen molar-refractivity contribution in [2.24, 2.45) is 11.7 Å². The van der Waals surface area contributed by atoms with Crippen LogP contribution in [0.25, 0.3) is 0 Å². The van der Waals surface area contributed by atoms with E-state index in [1.807, 2.05) is 6.07 Å². The average molecular weight is 290 g/mol. The number of nitrogens with zero attached hydrogens (tertiary/aromatic N) is 1. The molecule has 116 valence electrons. The lowest BCUT2D eigenvalue weighted by molar-refractivity contribution is -0.117. The Morgan fingerprint density at radius 1 is 1.24 bits per heavy atom. The Labute approximate surface area is 126 Å². The summed E-state index contributed by atoms with van der Waals surface area (Å²) in [5, 5.41) is 10.2. The Bertz CT molecular complexity index is 478. The fourth-order valence-electron chi connectivity index (χ4n) is 3.77. The number of nitrogens with one attached hydrogen (secondary N) is 2. The molecule has 1 heterocycles. The second kappa shape index (κ2) is 6.60. The molecule has 1 amide bonds. The van der Waals surface area contributed by atoms with Gasteiger partial charge in [-0.2, -0.15) is 5.10 Å². The highest BCUT2D eigenvalue weighted by atomic mass is 16.1. The molecule has 5 nitrogen and oxygen atoms in total. The van der Waals surface area contributed by atoms with Crippen molar-refractivity contribution in [2.75, 3.05) is 5.32 Å². The predicted octanol–water partition coefficient (Wildman–Crippen LogP) is 2.91. The number of amides is 1. The van der Waals surface area contributed by atoms with Gasteiger partial charge in [-0.25, -0.2) is 0 Å². The SMILES string of the molecule is N[C@@H]1CCC[C@H]1CC(=O)Nc1cc(C2CCCCC2)[nH]n1. The van der Waals surface area contributed by atoms with Crippen molar-refractivity contribution in [1.82, 2.24) is 10.2 Å². The number of carbonyl (C=O) groups excluding carboxylic acids is 1. The zero-order valence-corrected chi connectivity index (χ0v) is 12.6. The standard InChI is InChI=1S/C16H26N4O/c17-13-8-4-7-12(13)9-16(21)18-15-10-14(19-20-15)11-5-2-1-3-6-11/h10-13H,1-9,17H2,(H2,18,19,20,21)/t12-,13+/m0/s1. The van der Waals surface area contributed by atoms with Crippen LogP contribution in [0, 0.1) is 5.92 Å². The van der Waals surface area contributed by atoms with Gasteiger partial charge < -0.3 is 11.1 Å². The molecule has 2 aliphatic carbocycles. The van der Waals surface area contributed by atoms with Gasteiger partial charge in [0.2, 0.25) is 5.91 Å². The molecule has 0 saturated heterocycles. The fraction of sp³-hybridized carbons (Fsp3) is 0.750. The predicted molar refractivity (Wildman–Crippen MR) is 83.0 cm³/mol. The molecular weight excluding hydrogens is 264 g/mol. The van der Waals surface area contributed by atoms with E-state index in [0.29, 0.717) is 24.1 Å². The Morgan fingerprint density at radius 3 is 2.76 bits per heavy atom. The molecule has 0 unspecified atom stereocenters. The Hall–Kier alpha value is -1.36. The molecular formula is C16H26N4O. The van der Waals surface area contributed by atoms with Gasteiger partial charge in [-0.05, 0) is 31.6 Å². The number of anilines is 1. The van der Waals surface area contributed by atoms with Crippen LogP contribution in [0.2, 0.25) is 0 Å². The molecule has 1 aromatic rings. The summed E-state index contributed by atoms with van der Waals surface area (Å²) in [4.78, 5) is 12.1. The minimum absolute atomic E-state index is 0.0408. The van der Waals surface area contributed by atoms with E-state index in [9.17, 15) is 4.79 Å². The molecule has 21 heavy (non-hydrogen) atoms. The van der Waals surface area contributed by atoms with Crippen molar-refractivity contribution in [2.45, 2.75) is 69.7 Å². The lowest BCUT2D eigenvalue weighted by Gasteiger charge is -2.19. The van der Waals surface area contributed by atoms with Gasteiger partial charge in [-0.15, -0.1) is 0 Å². The van der Waals surface area contributed by atoms with Crippen molar-refractivity contribution in [3.05, 3.63) is 11.8 Å². The van der Waals surface area contributed by atoms with E-state index >= 15 is 0 Å². The van der Waals surface area contributed by atoms with Crippen LogP contribution < -0.4 is 11.1 Å². The summed E-state index contributed by atoms with van der Waals surface area (Å²) in [5.41, 5.74) is 7.19. The zero-order chi connectivity index (χ0) is 14.7. The highest BCUT2D eigenvalue weighted by Crippen LogP contribution is 2.32. The second-order valence-corrected chi connectivity index (χ2v) is 6.65. The van der Waals surface area contributed by atoms with Gasteiger partial charge in [0.1, 0.15) is 0 Å². The fourth-order valence-corrected chi connectivity index (χ4v) is 3.77. The molecule has 2 aliphatic rings. The zero-order valence-electron chi connectivity index (χ0n) is 12.6. The number of aromatic nitrogens is 2. The number of hydrogen-bond donors (Lipinski definition) is 3. The first-order valence-electron chi connectivity index (χ1n) is 8.33. The van der Waals surface area contributed by atoms with Crippen LogP contribution >= 0.6 is 0 Å². The Balaban J connectivity index is 1.52. The minimum Gasteiger partial charge on any atom is -0.327 e. The van der Waals surface area contributed by atoms with Crippen molar-refractivity contribution in [3.8, 4) is 0 Å². The number of H-pyrrole nitrogens is 1. The second-order valence-electron chi connectivity index (χ2n) is 6.65. The summed E-state index contributed by atoms with van der Waals surface area (Å²) in [5.74, 6) is 1.62. The third-order valence-electron chi connectivity index (χ3n) is 5.08. The van der Waals surface area contributed by atoms with Gasteiger partial charge in [0, 0.05) is 30.1 Å². The van der Waals surface area contributed by atoms with E-state index < -0.39 is 0 Å². The van der Waals surface area contributed by atoms with Crippen molar-refractivity contribution < 1.29 is 4.79 Å². The average Bonchev–Trinajstić information content (AvgIpc) is 3.10. The van der Waals surface area contributed by atoms with Crippen LogP contribution in [0.3, 0.4) is 0 Å². The highest BCUT2D eigenvalue weighted by molar-refractivity contribution is 5.90. The monoisotopic (exact) mass is 290 g/mol. The molecule has 4 N–H and O–H groups in total.